The normalized spacial score (nSPS) is 14.5. The van der Waals surface area contributed by atoms with Gasteiger partial charge in [-0.15, -0.1) is 0 Å². The molecule has 0 atom stereocenters. The molecule has 1 amide bonds. The maximum Gasteiger partial charge on any atom is 0.262 e. The highest BCUT2D eigenvalue weighted by atomic mass is 16.2. The second kappa shape index (κ2) is 5.06. The number of hydrogen-bond donors (Lipinski definition) is 0. The molecule has 5 nitrogen and oxygen atoms in total. The molecule has 96 valence electrons. The lowest BCUT2D eigenvalue weighted by molar-refractivity contribution is -0.131. The van der Waals surface area contributed by atoms with E-state index in [1.807, 2.05) is 30.3 Å². The van der Waals surface area contributed by atoms with Gasteiger partial charge in [0, 0.05) is 18.8 Å². The molecule has 0 fully saturated rings. The van der Waals surface area contributed by atoms with Crippen molar-refractivity contribution in [2.75, 3.05) is 6.54 Å². The van der Waals surface area contributed by atoms with Gasteiger partial charge in [-0.05, 0) is 5.56 Å². The van der Waals surface area contributed by atoms with Crippen molar-refractivity contribution in [3.05, 3.63) is 54.6 Å². The molecule has 1 aliphatic heterocycles. The second-order valence-corrected chi connectivity index (χ2v) is 4.41. The first-order valence-corrected chi connectivity index (χ1v) is 6.22. The Balaban J connectivity index is 1.71. The molecule has 19 heavy (non-hydrogen) atoms. The predicted molar refractivity (Wildman–Crippen MR) is 71.5 cm³/mol. The summed E-state index contributed by atoms with van der Waals surface area (Å²) in [5.74, 6) is -0.0102. The number of aromatic nitrogens is 2. The minimum atomic E-state index is -0.0102. The monoisotopic (exact) mass is 254 g/mol. The third kappa shape index (κ3) is 2.54. The molecule has 3 rings (SSSR count). The van der Waals surface area contributed by atoms with E-state index in [1.54, 1.807) is 28.3 Å². The quantitative estimate of drug-likeness (QED) is 0.833. The Labute approximate surface area is 111 Å². The van der Waals surface area contributed by atoms with Crippen LogP contribution in [0, 0.1) is 0 Å². The van der Waals surface area contributed by atoms with Crippen molar-refractivity contribution in [1.82, 2.24) is 14.6 Å². The highest BCUT2D eigenvalue weighted by molar-refractivity contribution is 6.02. The fraction of sp³-hybridized carbons (Fsp3) is 0.214. The minimum Gasteiger partial charge on any atom is -0.328 e. The van der Waals surface area contributed by atoms with Gasteiger partial charge in [-0.25, -0.2) is 9.99 Å². The Bertz CT molecular complexity index is 589. The average molecular weight is 254 g/mol. The molecular weight excluding hydrogens is 240 g/mol. The van der Waals surface area contributed by atoms with E-state index in [1.165, 1.54) is 0 Å². The topological polar surface area (TPSA) is 50.5 Å². The van der Waals surface area contributed by atoms with Crippen LogP contribution in [0.2, 0.25) is 0 Å². The minimum absolute atomic E-state index is 0.0102. The van der Waals surface area contributed by atoms with Gasteiger partial charge in [0.25, 0.3) is 5.91 Å². The van der Waals surface area contributed by atoms with E-state index >= 15 is 0 Å². The summed E-state index contributed by atoms with van der Waals surface area (Å²) in [7, 11) is 0. The number of rotatable bonds is 3. The molecule has 5 heteroatoms. The predicted octanol–water partition coefficient (Wildman–Crippen LogP) is 1.52. The van der Waals surface area contributed by atoms with E-state index < -0.39 is 0 Å². The molecule has 1 aromatic heterocycles. The van der Waals surface area contributed by atoms with E-state index in [0.29, 0.717) is 6.54 Å². The summed E-state index contributed by atoms with van der Waals surface area (Å²) in [5.41, 5.74) is 2.06. The Kier molecular flexibility index (Phi) is 3.10. The van der Waals surface area contributed by atoms with Gasteiger partial charge in [-0.2, -0.15) is 5.10 Å². The zero-order chi connectivity index (χ0) is 13.1. The molecule has 0 aliphatic carbocycles. The van der Waals surface area contributed by atoms with E-state index in [9.17, 15) is 4.79 Å². The number of benzene rings is 1. The molecule has 0 saturated carbocycles. The Morgan fingerprint density at radius 1 is 1.26 bits per heavy atom. The summed E-state index contributed by atoms with van der Waals surface area (Å²) < 4.78 is 1.75. The third-order valence-electron chi connectivity index (χ3n) is 3.07. The van der Waals surface area contributed by atoms with Gasteiger partial charge < -0.3 is 4.57 Å². The largest absolute Gasteiger partial charge is 0.328 e. The van der Waals surface area contributed by atoms with E-state index in [0.717, 1.165) is 17.7 Å². The maximum atomic E-state index is 12.1. The molecule has 0 N–H and O–H groups in total. The van der Waals surface area contributed by atoms with Crippen molar-refractivity contribution < 1.29 is 4.79 Å². The van der Waals surface area contributed by atoms with E-state index in [4.69, 9.17) is 0 Å². The Hall–Kier alpha value is -2.43. The van der Waals surface area contributed by atoms with Crippen LogP contribution >= 0.6 is 0 Å². The van der Waals surface area contributed by atoms with Crippen molar-refractivity contribution >= 4 is 11.6 Å². The number of imidazole rings is 1. The van der Waals surface area contributed by atoms with Crippen LogP contribution in [-0.4, -0.2) is 32.7 Å². The molecule has 2 heterocycles. The molecule has 0 spiro atoms. The van der Waals surface area contributed by atoms with Crippen molar-refractivity contribution in [3.8, 4) is 0 Å². The molecule has 1 aromatic carbocycles. The van der Waals surface area contributed by atoms with Gasteiger partial charge >= 0.3 is 0 Å². The fourth-order valence-corrected chi connectivity index (χ4v) is 2.09. The summed E-state index contributed by atoms with van der Waals surface area (Å²) in [5, 5.41) is 5.95. The number of hydrazone groups is 1. The van der Waals surface area contributed by atoms with Crippen LogP contribution in [0.3, 0.4) is 0 Å². The first-order chi connectivity index (χ1) is 9.33. The van der Waals surface area contributed by atoms with Gasteiger partial charge in [0.2, 0.25) is 0 Å². The van der Waals surface area contributed by atoms with Crippen LogP contribution in [0.15, 0.2) is 54.2 Å². The lowest BCUT2D eigenvalue weighted by Gasteiger charge is -2.11. The standard InChI is InChI=1S/C14H14N4O/c19-14(10-17-9-7-15-11-17)18-8-6-13(16-18)12-4-2-1-3-5-12/h1-5,7,9,11H,6,8,10H2. The summed E-state index contributed by atoms with van der Waals surface area (Å²) in [6.45, 7) is 0.934. The van der Waals surface area contributed by atoms with E-state index in [-0.39, 0.29) is 12.5 Å². The van der Waals surface area contributed by atoms with Gasteiger partial charge in [0.1, 0.15) is 6.54 Å². The Morgan fingerprint density at radius 3 is 2.84 bits per heavy atom. The highest BCUT2D eigenvalue weighted by Crippen LogP contribution is 2.14. The third-order valence-corrected chi connectivity index (χ3v) is 3.07. The fourth-order valence-electron chi connectivity index (χ4n) is 2.09. The molecule has 0 saturated heterocycles. The molecular formula is C14H14N4O. The van der Waals surface area contributed by atoms with Crippen LogP contribution in [0.4, 0.5) is 0 Å². The van der Waals surface area contributed by atoms with Crippen molar-refractivity contribution in [2.45, 2.75) is 13.0 Å². The lowest BCUT2D eigenvalue weighted by Crippen LogP contribution is -2.27. The summed E-state index contributed by atoms with van der Waals surface area (Å²) in [6.07, 6.45) is 5.88. The van der Waals surface area contributed by atoms with Crippen molar-refractivity contribution in [2.24, 2.45) is 5.10 Å². The summed E-state index contributed by atoms with van der Waals surface area (Å²) in [6, 6.07) is 9.97. The van der Waals surface area contributed by atoms with Gasteiger partial charge in [0.05, 0.1) is 18.6 Å². The van der Waals surface area contributed by atoms with Crippen LogP contribution in [-0.2, 0) is 11.3 Å². The van der Waals surface area contributed by atoms with Crippen LogP contribution in [0.25, 0.3) is 0 Å². The summed E-state index contributed by atoms with van der Waals surface area (Å²) in [4.78, 5) is 16.0. The van der Waals surface area contributed by atoms with Gasteiger partial charge in [0.15, 0.2) is 0 Å². The number of amides is 1. The number of hydrogen-bond acceptors (Lipinski definition) is 3. The molecule has 0 bridgehead atoms. The van der Waals surface area contributed by atoms with Crippen LogP contribution < -0.4 is 0 Å². The molecule has 0 unspecified atom stereocenters. The number of carbonyl (C=O) groups excluding carboxylic acids is 1. The number of carbonyl (C=O) groups is 1. The Morgan fingerprint density at radius 2 is 2.11 bits per heavy atom. The smallest absolute Gasteiger partial charge is 0.262 e. The van der Waals surface area contributed by atoms with Crippen LogP contribution in [0.1, 0.15) is 12.0 Å². The zero-order valence-electron chi connectivity index (χ0n) is 10.4. The zero-order valence-corrected chi connectivity index (χ0v) is 10.4. The molecule has 2 aromatic rings. The van der Waals surface area contributed by atoms with Gasteiger partial charge in [-0.3, -0.25) is 4.79 Å². The first kappa shape index (κ1) is 11.6. The lowest BCUT2D eigenvalue weighted by atomic mass is 10.1. The molecule has 0 radical (unpaired) electrons. The number of nitrogens with zero attached hydrogens (tertiary/aromatic N) is 4. The highest BCUT2D eigenvalue weighted by Gasteiger charge is 2.21. The maximum absolute atomic E-state index is 12.1. The van der Waals surface area contributed by atoms with Crippen molar-refractivity contribution in [1.29, 1.82) is 0 Å². The summed E-state index contributed by atoms with van der Waals surface area (Å²) >= 11 is 0. The molecule has 1 aliphatic rings. The SMILES string of the molecule is O=C(Cn1ccnc1)N1CCC(c2ccccc2)=N1. The first-order valence-electron chi connectivity index (χ1n) is 6.22. The van der Waals surface area contributed by atoms with Gasteiger partial charge in [-0.1, -0.05) is 30.3 Å². The second-order valence-electron chi connectivity index (χ2n) is 4.41. The van der Waals surface area contributed by atoms with E-state index in [2.05, 4.69) is 10.1 Å². The average Bonchev–Trinajstić information content (AvgIpc) is 3.10. The van der Waals surface area contributed by atoms with Crippen LogP contribution in [0.5, 0.6) is 0 Å². The van der Waals surface area contributed by atoms with Crippen molar-refractivity contribution in [3.63, 3.8) is 0 Å².